The molecular weight excluding hydrogens is 424 g/mol. The first-order valence-corrected chi connectivity index (χ1v) is 10.7. The Morgan fingerprint density at radius 2 is 2.06 bits per heavy atom. The summed E-state index contributed by atoms with van der Waals surface area (Å²) in [6.07, 6.45) is 6.29. The zero-order valence-corrected chi connectivity index (χ0v) is 18.3. The van der Waals surface area contributed by atoms with Crippen LogP contribution in [0.3, 0.4) is 0 Å². The average molecular weight is 447 g/mol. The van der Waals surface area contributed by atoms with Gasteiger partial charge in [0, 0.05) is 23.8 Å². The van der Waals surface area contributed by atoms with Gasteiger partial charge >= 0.3 is 0 Å². The predicted molar refractivity (Wildman–Crippen MR) is 126 cm³/mol. The molecule has 0 bridgehead atoms. The van der Waals surface area contributed by atoms with E-state index in [-0.39, 0.29) is 18.2 Å². The molecule has 162 valence electrons. The van der Waals surface area contributed by atoms with Crippen LogP contribution in [0, 0.1) is 11.8 Å². The predicted octanol–water partition coefficient (Wildman–Crippen LogP) is 3.27. The van der Waals surface area contributed by atoms with E-state index in [0.717, 1.165) is 11.1 Å². The third-order valence-corrected chi connectivity index (χ3v) is 4.94. The molecule has 0 unspecified atom stereocenters. The molecule has 0 spiro atoms. The quantitative estimate of drug-likeness (QED) is 0.310. The van der Waals surface area contributed by atoms with Crippen molar-refractivity contribution in [2.75, 3.05) is 11.9 Å². The Balaban J connectivity index is 1.53. The van der Waals surface area contributed by atoms with Crippen molar-refractivity contribution < 1.29 is 9.53 Å². The second kappa shape index (κ2) is 12.1. The number of hydrogen-bond donors (Lipinski definition) is 2. The van der Waals surface area contributed by atoms with Crippen molar-refractivity contribution in [3.8, 4) is 17.7 Å². The maximum absolute atomic E-state index is 12.5. The summed E-state index contributed by atoms with van der Waals surface area (Å²) >= 11 is 1.45. The lowest BCUT2D eigenvalue weighted by molar-refractivity contribution is 0.102. The van der Waals surface area contributed by atoms with Crippen LogP contribution in [0.25, 0.3) is 0 Å². The number of rotatable bonds is 8. The van der Waals surface area contributed by atoms with Gasteiger partial charge in [0.1, 0.15) is 5.69 Å². The van der Waals surface area contributed by atoms with Crippen LogP contribution in [-0.2, 0) is 12.3 Å². The molecule has 2 aromatic heterocycles. The summed E-state index contributed by atoms with van der Waals surface area (Å²) in [6.45, 7) is 2.35. The molecular formula is C23H22N6O2S. The molecule has 0 atom stereocenters. The lowest BCUT2D eigenvalue weighted by atomic mass is 10.2. The van der Waals surface area contributed by atoms with E-state index in [2.05, 4.69) is 37.1 Å². The van der Waals surface area contributed by atoms with Crippen molar-refractivity contribution in [3.63, 3.8) is 0 Å². The van der Waals surface area contributed by atoms with Gasteiger partial charge in [-0.3, -0.25) is 14.8 Å². The monoisotopic (exact) mass is 446 g/mol. The molecule has 0 saturated heterocycles. The van der Waals surface area contributed by atoms with Crippen molar-refractivity contribution >= 4 is 28.5 Å². The number of carbonyl (C=O) groups excluding carboxylic acids is 1. The van der Waals surface area contributed by atoms with Gasteiger partial charge in [-0.15, -0.1) is 5.92 Å². The molecule has 8 nitrogen and oxygen atoms in total. The smallest absolute Gasteiger partial charge is 0.275 e. The molecule has 32 heavy (non-hydrogen) atoms. The Morgan fingerprint density at radius 3 is 2.81 bits per heavy atom. The summed E-state index contributed by atoms with van der Waals surface area (Å²) in [7, 11) is 0. The molecule has 9 heteroatoms. The zero-order chi connectivity index (χ0) is 22.6. The first-order valence-electron chi connectivity index (χ1n) is 9.70. The van der Waals surface area contributed by atoms with Crippen LogP contribution in [0.15, 0.2) is 66.2 Å². The fourth-order valence-corrected chi connectivity index (χ4v) is 3.13. The number of amidine groups is 1. The summed E-state index contributed by atoms with van der Waals surface area (Å²) in [6, 6.07) is 11.3. The maximum atomic E-state index is 12.5. The van der Waals surface area contributed by atoms with Crippen LogP contribution < -0.4 is 15.8 Å². The Morgan fingerprint density at radius 1 is 1.19 bits per heavy atom. The van der Waals surface area contributed by atoms with Gasteiger partial charge in [0.25, 0.3) is 5.91 Å². The lowest BCUT2D eigenvalue weighted by Crippen LogP contribution is -2.14. The lowest BCUT2D eigenvalue weighted by Gasteiger charge is -2.07. The second-order valence-electron chi connectivity index (χ2n) is 6.41. The van der Waals surface area contributed by atoms with Crippen molar-refractivity contribution in [3.05, 3.63) is 78.0 Å². The van der Waals surface area contributed by atoms with Crippen LogP contribution in [-0.4, -0.2) is 32.6 Å². The summed E-state index contributed by atoms with van der Waals surface area (Å²) in [5.74, 6) is 6.13. The van der Waals surface area contributed by atoms with E-state index in [1.54, 1.807) is 25.4 Å². The van der Waals surface area contributed by atoms with Gasteiger partial charge in [-0.1, -0.05) is 35.9 Å². The number of hydrogen-bond acceptors (Lipinski definition) is 7. The Bertz CT molecular complexity index is 1120. The number of pyridine rings is 1. The minimum absolute atomic E-state index is 0.179. The SMILES string of the molecule is CC#CCOc1cnc(C(=O)Nc2cccc(CN=C(N)SCc3cccnc3)c2)cn1. The number of aliphatic imine (C=N–C) groups is 1. The minimum Gasteiger partial charge on any atom is -0.463 e. The van der Waals surface area contributed by atoms with Crippen LogP contribution in [0.1, 0.15) is 28.5 Å². The molecule has 3 aromatic rings. The van der Waals surface area contributed by atoms with Gasteiger partial charge < -0.3 is 15.8 Å². The topological polar surface area (TPSA) is 115 Å². The van der Waals surface area contributed by atoms with Crippen LogP contribution in [0.5, 0.6) is 5.88 Å². The molecule has 0 aliphatic rings. The summed E-state index contributed by atoms with van der Waals surface area (Å²) in [4.78, 5) is 29.1. The van der Waals surface area contributed by atoms with Crippen LogP contribution >= 0.6 is 11.8 Å². The van der Waals surface area contributed by atoms with Gasteiger partial charge in [-0.25, -0.2) is 9.97 Å². The van der Waals surface area contributed by atoms with E-state index in [0.29, 0.717) is 29.0 Å². The zero-order valence-electron chi connectivity index (χ0n) is 17.5. The Hall–Kier alpha value is -3.90. The number of nitrogens with one attached hydrogen (secondary N) is 1. The first kappa shape index (κ1) is 22.8. The van der Waals surface area contributed by atoms with Gasteiger partial charge in [-0.05, 0) is 36.2 Å². The number of anilines is 1. The number of nitrogens with two attached hydrogens (primary N) is 1. The molecule has 3 rings (SSSR count). The third-order valence-electron chi connectivity index (χ3n) is 4.04. The van der Waals surface area contributed by atoms with E-state index in [4.69, 9.17) is 10.5 Å². The highest BCUT2D eigenvalue weighted by Gasteiger charge is 2.09. The normalized spacial score (nSPS) is 10.7. The number of nitrogens with zero attached hydrogens (tertiary/aromatic N) is 4. The molecule has 0 aliphatic carbocycles. The van der Waals surface area contributed by atoms with Gasteiger partial charge in [0.2, 0.25) is 5.88 Å². The van der Waals surface area contributed by atoms with E-state index in [1.807, 2.05) is 30.3 Å². The average Bonchev–Trinajstić information content (AvgIpc) is 2.83. The third kappa shape index (κ3) is 7.41. The van der Waals surface area contributed by atoms with Gasteiger partial charge in [-0.2, -0.15) is 0 Å². The summed E-state index contributed by atoms with van der Waals surface area (Å²) in [5.41, 5.74) is 8.81. The van der Waals surface area contributed by atoms with E-state index >= 15 is 0 Å². The maximum Gasteiger partial charge on any atom is 0.275 e. The molecule has 0 saturated carbocycles. The summed E-state index contributed by atoms with van der Waals surface area (Å²) in [5, 5.41) is 3.30. The number of aromatic nitrogens is 3. The van der Waals surface area contributed by atoms with Gasteiger partial charge in [0.15, 0.2) is 11.8 Å². The van der Waals surface area contributed by atoms with E-state index in [1.165, 1.54) is 24.2 Å². The molecule has 2 heterocycles. The molecule has 0 fully saturated rings. The van der Waals surface area contributed by atoms with Crippen LogP contribution in [0.4, 0.5) is 5.69 Å². The van der Waals surface area contributed by atoms with E-state index < -0.39 is 0 Å². The largest absolute Gasteiger partial charge is 0.463 e. The fraction of sp³-hybridized carbons (Fsp3) is 0.174. The Labute approximate surface area is 190 Å². The van der Waals surface area contributed by atoms with Crippen molar-refractivity contribution in [2.24, 2.45) is 10.7 Å². The molecule has 1 amide bonds. The number of ether oxygens (including phenoxy) is 1. The number of thioether (sulfide) groups is 1. The second-order valence-corrected chi connectivity index (χ2v) is 7.41. The summed E-state index contributed by atoms with van der Waals surface area (Å²) < 4.78 is 5.30. The highest BCUT2D eigenvalue weighted by atomic mass is 32.2. The molecule has 0 radical (unpaired) electrons. The van der Waals surface area contributed by atoms with Gasteiger partial charge in [0.05, 0.1) is 18.9 Å². The van der Waals surface area contributed by atoms with Crippen molar-refractivity contribution in [1.29, 1.82) is 0 Å². The first-order chi connectivity index (χ1) is 15.6. The number of amides is 1. The number of benzene rings is 1. The standard InChI is InChI=1S/C23H22N6O2S/c1-2-3-10-31-21-15-26-20(14-27-21)22(30)29-19-8-4-6-17(11-19)13-28-23(24)32-16-18-7-5-9-25-12-18/h4-9,11-12,14-15H,10,13,16H2,1H3,(H2,24,28)(H,29,30). The van der Waals surface area contributed by atoms with Crippen molar-refractivity contribution in [1.82, 2.24) is 15.0 Å². The van der Waals surface area contributed by atoms with E-state index in [9.17, 15) is 4.79 Å². The number of carbonyl (C=O) groups is 1. The molecule has 3 N–H and O–H groups in total. The van der Waals surface area contributed by atoms with Crippen molar-refractivity contribution in [2.45, 2.75) is 19.2 Å². The fourth-order valence-electron chi connectivity index (χ4n) is 2.49. The molecule has 0 aliphatic heterocycles. The highest BCUT2D eigenvalue weighted by molar-refractivity contribution is 8.13. The molecule has 1 aromatic carbocycles. The van der Waals surface area contributed by atoms with Crippen LogP contribution in [0.2, 0.25) is 0 Å². The minimum atomic E-state index is -0.371. The highest BCUT2D eigenvalue weighted by Crippen LogP contribution is 2.15. The Kier molecular flexibility index (Phi) is 8.60.